The summed E-state index contributed by atoms with van der Waals surface area (Å²) in [7, 11) is 0. The molecule has 98 valence electrons. The van der Waals surface area contributed by atoms with E-state index in [1.165, 1.54) is 12.1 Å². The predicted octanol–water partition coefficient (Wildman–Crippen LogP) is 3.70. The zero-order chi connectivity index (χ0) is 12.8. The number of rotatable bonds is 1. The van der Waals surface area contributed by atoms with Crippen LogP contribution in [0.1, 0.15) is 18.9 Å². The lowest BCUT2D eigenvalue weighted by Crippen LogP contribution is -2.03. The zero-order valence-corrected chi connectivity index (χ0v) is 10.3. The first-order valence-corrected chi connectivity index (χ1v) is 5.04. The Balaban J connectivity index is 0. The molecule has 0 spiro atoms. The van der Waals surface area contributed by atoms with Gasteiger partial charge in [0.2, 0.25) is 5.24 Å². The summed E-state index contributed by atoms with van der Waals surface area (Å²) in [5.74, 6) is 0. The van der Waals surface area contributed by atoms with Crippen LogP contribution < -0.4 is 0 Å². The number of carbonyl (C=O) groups is 1. The van der Waals surface area contributed by atoms with E-state index in [1.54, 1.807) is 6.92 Å². The quantitative estimate of drug-likeness (QED) is 0.728. The van der Waals surface area contributed by atoms with Gasteiger partial charge in [0.15, 0.2) is 0 Å². The molecular weight excluding hydrogens is 280 g/mol. The van der Waals surface area contributed by atoms with Crippen molar-refractivity contribution >= 4 is 28.4 Å². The highest BCUT2D eigenvalue weighted by atomic mass is 35.5. The standard InChI is InChI=1S/C7H4ClF3.C3H5ClO.H2O/c8-6-3-1-2-5(4-6)7(9,10)11;1-2-3(4)5;/h1-4H;2H2,1H3;1H2. The summed E-state index contributed by atoms with van der Waals surface area (Å²) in [5, 5.41) is -0.176. The van der Waals surface area contributed by atoms with Gasteiger partial charge >= 0.3 is 6.18 Å². The van der Waals surface area contributed by atoms with Crippen molar-refractivity contribution in [2.24, 2.45) is 0 Å². The summed E-state index contributed by atoms with van der Waals surface area (Å²) >= 11 is 10.2. The average molecular weight is 291 g/mol. The van der Waals surface area contributed by atoms with Crippen LogP contribution in [0.25, 0.3) is 0 Å². The average Bonchev–Trinajstić information content (AvgIpc) is 2.17. The molecule has 1 aromatic carbocycles. The van der Waals surface area contributed by atoms with E-state index < -0.39 is 11.7 Å². The molecule has 1 rings (SSSR count). The first kappa shape index (κ1) is 18.6. The Morgan fingerprint density at radius 1 is 1.35 bits per heavy atom. The molecule has 0 amide bonds. The summed E-state index contributed by atoms with van der Waals surface area (Å²) in [6.45, 7) is 1.72. The molecule has 0 radical (unpaired) electrons. The second-order valence-electron chi connectivity index (χ2n) is 2.72. The van der Waals surface area contributed by atoms with Gasteiger partial charge in [-0.05, 0) is 29.8 Å². The van der Waals surface area contributed by atoms with Crippen molar-refractivity contribution in [1.82, 2.24) is 0 Å². The number of hydrogen-bond donors (Lipinski definition) is 0. The monoisotopic (exact) mass is 290 g/mol. The first-order valence-electron chi connectivity index (χ1n) is 4.28. The zero-order valence-electron chi connectivity index (χ0n) is 8.81. The highest BCUT2D eigenvalue weighted by Crippen LogP contribution is 2.30. The molecule has 2 N–H and O–H groups in total. The van der Waals surface area contributed by atoms with Crippen LogP contribution in [0, 0.1) is 0 Å². The Labute approximate surface area is 107 Å². The summed E-state index contributed by atoms with van der Waals surface area (Å²) < 4.78 is 35.7. The number of carbonyl (C=O) groups excluding carboxylic acids is 1. The molecule has 2 nitrogen and oxygen atoms in total. The Hall–Kier alpha value is -0.780. The number of alkyl halides is 3. The fourth-order valence-corrected chi connectivity index (χ4v) is 0.855. The lowest BCUT2D eigenvalue weighted by molar-refractivity contribution is -0.137. The van der Waals surface area contributed by atoms with E-state index >= 15 is 0 Å². The summed E-state index contributed by atoms with van der Waals surface area (Å²) in [5.41, 5.74) is -0.718. The molecular formula is C10H11Cl2F3O2. The molecule has 0 aliphatic carbocycles. The van der Waals surface area contributed by atoms with E-state index in [4.69, 9.17) is 23.2 Å². The number of hydrogen-bond acceptors (Lipinski definition) is 1. The van der Waals surface area contributed by atoms with Gasteiger partial charge in [0.1, 0.15) is 0 Å². The lowest BCUT2D eigenvalue weighted by atomic mass is 10.2. The maximum absolute atomic E-state index is 11.9. The molecule has 0 atom stereocenters. The van der Waals surface area contributed by atoms with Crippen LogP contribution in [-0.2, 0) is 11.0 Å². The third kappa shape index (κ3) is 8.97. The van der Waals surface area contributed by atoms with E-state index in [2.05, 4.69) is 0 Å². The summed E-state index contributed by atoms with van der Waals surface area (Å²) in [4.78, 5) is 9.58. The van der Waals surface area contributed by atoms with Crippen LogP contribution in [-0.4, -0.2) is 10.7 Å². The fraction of sp³-hybridized carbons (Fsp3) is 0.300. The fourth-order valence-electron chi connectivity index (χ4n) is 0.665. The second-order valence-corrected chi connectivity index (χ2v) is 3.57. The van der Waals surface area contributed by atoms with Gasteiger partial charge in [0.05, 0.1) is 5.56 Å². The molecule has 1 aromatic rings. The Kier molecular flexibility index (Phi) is 9.11. The topological polar surface area (TPSA) is 48.6 Å². The molecule has 0 aliphatic heterocycles. The van der Waals surface area contributed by atoms with Crippen molar-refractivity contribution in [3.05, 3.63) is 34.9 Å². The van der Waals surface area contributed by atoms with Crippen molar-refractivity contribution in [2.45, 2.75) is 19.5 Å². The number of halogens is 5. The highest BCUT2D eigenvalue weighted by Gasteiger charge is 2.30. The highest BCUT2D eigenvalue weighted by molar-refractivity contribution is 6.63. The van der Waals surface area contributed by atoms with Crippen LogP contribution in [0.5, 0.6) is 0 Å². The SMILES string of the molecule is CCC(=O)Cl.FC(F)(F)c1cccc(Cl)c1.O. The van der Waals surface area contributed by atoms with E-state index in [0.717, 1.165) is 12.1 Å². The van der Waals surface area contributed by atoms with Crippen molar-refractivity contribution < 1.29 is 23.4 Å². The third-order valence-electron chi connectivity index (χ3n) is 1.43. The summed E-state index contributed by atoms with van der Waals surface area (Å²) in [6.07, 6.45) is -3.87. The minimum atomic E-state index is -4.30. The predicted molar refractivity (Wildman–Crippen MR) is 61.2 cm³/mol. The van der Waals surface area contributed by atoms with Gasteiger partial charge in [0.25, 0.3) is 0 Å². The minimum Gasteiger partial charge on any atom is -0.412 e. The Bertz CT molecular complexity index is 354. The molecule has 0 heterocycles. The van der Waals surface area contributed by atoms with Gasteiger partial charge in [-0.1, -0.05) is 24.6 Å². The molecule has 0 aromatic heterocycles. The molecule has 0 aliphatic rings. The van der Waals surface area contributed by atoms with E-state index in [-0.39, 0.29) is 15.7 Å². The van der Waals surface area contributed by atoms with Crippen LogP contribution in [0.3, 0.4) is 0 Å². The first-order chi connectivity index (χ1) is 7.27. The van der Waals surface area contributed by atoms with Gasteiger partial charge in [-0.25, -0.2) is 0 Å². The maximum atomic E-state index is 11.9. The molecule has 0 saturated carbocycles. The molecule has 0 unspecified atom stereocenters. The van der Waals surface area contributed by atoms with Crippen molar-refractivity contribution in [1.29, 1.82) is 0 Å². The van der Waals surface area contributed by atoms with Gasteiger partial charge in [-0.15, -0.1) is 0 Å². The van der Waals surface area contributed by atoms with Crippen molar-refractivity contribution in [3.8, 4) is 0 Å². The van der Waals surface area contributed by atoms with E-state index in [1.807, 2.05) is 0 Å². The maximum Gasteiger partial charge on any atom is 0.416 e. The molecule has 0 fully saturated rings. The van der Waals surface area contributed by atoms with Crippen molar-refractivity contribution in [3.63, 3.8) is 0 Å². The normalized spacial score (nSPS) is 9.76. The van der Waals surface area contributed by atoms with Crippen molar-refractivity contribution in [2.75, 3.05) is 0 Å². The van der Waals surface area contributed by atoms with Gasteiger partial charge < -0.3 is 5.48 Å². The minimum absolute atomic E-state index is 0. The Morgan fingerprint density at radius 2 is 1.82 bits per heavy atom. The molecule has 0 saturated heterocycles. The van der Waals surface area contributed by atoms with Gasteiger partial charge in [-0.3, -0.25) is 4.79 Å². The number of benzene rings is 1. The third-order valence-corrected chi connectivity index (χ3v) is 1.93. The Morgan fingerprint density at radius 3 is 2.06 bits per heavy atom. The summed E-state index contributed by atoms with van der Waals surface area (Å²) in [6, 6.07) is 4.54. The van der Waals surface area contributed by atoms with E-state index in [0.29, 0.717) is 6.42 Å². The van der Waals surface area contributed by atoms with Crippen LogP contribution in [0.2, 0.25) is 5.02 Å². The van der Waals surface area contributed by atoms with E-state index in [9.17, 15) is 18.0 Å². The van der Waals surface area contributed by atoms with Crippen LogP contribution in [0.4, 0.5) is 13.2 Å². The molecule has 0 bridgehead atoms. The van der Waals surface area contributed by atoms with Gasteiger partial charge in [-0.2, -0.15) is 13.2 Å². The molecule has 7 heteroatoms. The van der Waals surface area contributed by atoms with Gasteiger partial charge in [0, 0.05) is 11.4 Å². The van der Waals surface area contributed by atoms with Crippen LogP contribution in [0.15, 0.2) is 24.3 Å². The lowest BCUT2D eigenvalue weighted by Gasteiger charge is -2.05. The smallest absolute Gasteiger partial charge is 0.412 e. The molecule has 17 heavy (non-hydrogen) atoms. The van der Waals surface area contributed by atoms with Crippen LogP contribution >= 0.6 is 23.2 Å². The largest absolute Gasteiger partial charge is 0.416 e. The second kappa shape index (κ2) is 8.33.